The molecule has 1 aromatic carbocycles. The minimum Gasteiger partial charge on any atom is -0.341 e. The van der Waals surface area contributed by atoms with Crippen molar-refractivity contribution in [1.82, 2.24) is 20.0 Å². The van der Waals surface area contributed by atoms with E-state index >= 15 is 0 Å². The van der Waals surface area contributed by atoms with Crippen molar-refractivity contribution in [1.29, 1.82) is 0 Å². The average Bonchev–Trinajstić information content (AvgIpc) is 3.36. The van der Waals surface area contributed by atoms with Gasteiger partial charge in [-0.05, 0) is 52.1 Å². The summed E-state index contributed by atoms with van der Waals surface area (Å²) >= 11 is 1.42. The first kappa shape index (κ1) is 24.7. The number of thiophene rings is 1. The first-order valence-electron chi connectivity index (χ1n) is 12.8. The lowest BCUT2D eigenvalue weighted by Gasteiger charge is -2.44. The lowest BCUT2D eigenvalue weighted by atomic mass is 9.87. The SMILES string of the molecule is CCN1C(=O)C2(CCCN(C3CCN(C(=O)c4c(NC(=O)NC)sc5ccccc45)CC3)C2)N=C1C. The number of benzene rings is 1. The normalized spacial score (nSPS) is 23.4. The van der Waals surface area contributed by atoms with E-state index < -0.39 is 5.54 Å². The molecule has 192 valence electrons. The molecule has 1 aromatic heterocycles. The fourth-order valence-corrected chi connectivity index (χ4v) is 7.03. The molecule has 5 rings (SSSR count). The van der Waals surface area contributed by atoms with E-state index in [1.807, 2.05) is 43.0 Å². The van der Waals surface area contributed by atoms with Crippen molar-refractivity contribution in [2.75, 3.05) is 45.1 Å². The van der Waals surface area contributed by atoms with E-state index in [0.717, 1.165) is 48.1 Å². The zero-order chi connectivity index (χ0) is 25.4. The summed E-state index contributed by atoms with van der Waals surface area (Å²) in [6.45, 7) is 7.50. The van der Waals surface area contributed by atoms with Crippen LogP contribution in [0.5, 0.6) is 0 Å². The predicted octanol–water partition coefficient (Wildman–Crippen LogP) is 3.37. The van der Waals surface area contributed by atoms with Gasteiger partial charge in [0.25, 0.3) is 11.8 Å². The molecule has 10 heteroatoms. The van der Waals surface area contributed by atoms with E-state index in [1.54, 1.807) is 11.9 Å². The van der Waals surface area contributed by atoms with Gasteiger partial charge < -0.3 is 10.2 Å². The lowest BCUT2D eigenvalue weighted by molar-refractivity contribution is -0.133. The van der Waals surface area contributed by atoms with Gasteiger partial charge in [-0.25, -0.2) is 4.79 Å². The number of urea groups is 1. The highest BCUT2D eigenvalue weighted by Gasteiger charge is 2.50. The van der Waals surface area contributed by atoms with E-state index in [0.29, 0.717) is 42.8 Å². The van der Waals surface area contributed by atoms with Gasteiger partial charge in [0.15, 0.2) is 5.54 Å². The number of carbonyl (C=O) groups is 3. The van der Waals surface area contributed by atoms with E-state index in [9.17, 15) is 14.4 Å². The summed E-state index contributed by atoms with van der Waals surface area (Å²) in [7, 11) is 1.56. The van der Waals surface area contributed by atoms with Crippen molar-refractivity contribution in [2.24, 2.45) is 4.99 Å². The Morgan fingerprint density at radius 1 is 1.19 bits per heavy atom. The quantitative estimate of drug-likeness (QED) is 0.659. The molecule has 1 atom stereocenters. The molecule has 0 aliphatic carbocycles. The fourth-order valence-electron chi connectivity index (χ4n) is 5.94. The lowest BCUT2D eigenvalue weighted by Crippen LogP contribution is -2.57. The fraction of sp³-hybridized carbons (Fsp3) is 0.538. The number of fused-ring (bicyclic) bond motifs is 1. The molecule has 4 amide bonds. The Labute approximate surface area is 215 Å². The van der Waals surface area contributed by atoms with E-state index in [-0.39, 0.29) is 17.8 Å². The van der Waals surface area contributed by atoms with Gasteiger partial charge in [-0.15, -0.1) is 11.3 Å². The summed E-state index contributed by atoms with van der Waals surface area (Å²) < 4.78 is 0.971. The first-order chi connectivity index (χ1) is 17.4. The summed E-state index contributed by atoms with van der Waals surface area (Å²) in [6, 6.07) is 7.76. The number of hydrogen-bond acceptors (Lipinski definition) is 6. The van der Waals surface area contributed by atoms with Gasteiger partial charge >= 0.3 is 6.03 Å². The van der Waals surface area contributed by atoms with Gasteiger partial charge in [-0.2, -0.15) is 0 Å². The molecule has 1 spiro atoms. The number of rotatable bonds is 4. The number of amides is 4. The molecule has 9 nitrogen and oxygen atoms in total. The molecule has 0 radical (unpaired) electrons. The average molecular weight is 511 g/mol. The monoisotopic (exact) mass is 510 g/mol. The van der Waals surface area contributed by atoms with Crippen LogP contribution in [0, 0.1) is 0 Å². The molecule has 0 bridgehead atoms. The van der Waals surface area contributed by atoms with Gasteiger partial charge in [0.1, 0.15) is 10.8 Å². The molecule has 2 N–H and O–H groups in total. The van der Waals surface area contributed by atoms with Crippen LogP contribution in [0.3, 0.4) is 0 Å². The van der Waals surface area contributed by atoms with Crippen LogP contribution in [-0.2, 0) is 4.79 Å². The highest BCUT2D eigenvalue weighted by Crippen LogP contribution is 2.38. The Hall–Kier alpha value is -2.98. The number of nitrogens with zero attached hydrogens (tertiary/aromatic N) is 4. The third-order valence-electron chi connectivity index (χ3n) is 7.76. The third-order valence-corrected chi connectivity index (χ3v) is 8.84. The number of carbonyl (C=O) groups excluding carboxylic acids is 3. The van der Waals surface area contributed by atoms with Gasteiger partial charge in [0.05, 0.1) is 5.56 Å². The van der Waals surface area contributed by atoms with Gasteiger partial charge in [-0.1, -0.05) is 18.2 Å². The summed E-state index contributed by atoms with van der Waals surface area (Å²) in [6.07, 6.45) is 3.47. The molecule has 2 saturated heterocycles. The maximum absolute atomic E-state index is 13.7. The number of amidine groups is 1. The van der Waals surface area contributed by atoms with Gasteiger partial charge in [-0.3, -0.25) is 29.7 Å². The van der Waals surface area contributed by atoms with Crippen LogP contribution in [0.4, 0.5) is 9.80 Å². The number of likely N-dealkylation sites (tertiary alicyclic amines) is 2. The second kappa shape index (κ2) is 9.82. The van der Waals surface area contributed by atoms with Crippen molar-refractivity contribution < 1.29 is 14.4 Å². The highest BCUT2D eigenvalue weighted by molar-refractivity contribution is 7.23. The van der Waals surface area contributed by atoms with Crippen LogP contribution in [0.1, 0.15) is 49.9 Å². The summed E-state index contributed by atoms with van der Waals surface area (Å²) in [5.41, 5.74) is -0.0722. The Kier molecular flexibility index (Phi) is 6.74. The van der Waals surface area contributed by atoms with Crippen LogP contribution in [-0.4, -0.2) is 89.7 Å². The largest absolute Gasteiger partial charge is 0.341 e. The summed E-state index contributed by atoms with van der Waals surface area (Å²) in [4.78, 5) is 49.9. The van der Waals surface area contributed by atoms with E-state index in [4.69, 9.17) is 4.99 Å². The smallest absolute Gasteiger partial charge is 0.319 e. The van der Waals surface area contributed by atoms with Gasteiger partial charge in [0.2, 0.25) is 0 Å². The van der Waals surface area contributed by atoms with Gasteiger partial charge in [0, 0.05) is 49.4 Å². The molecule has 2 aromatic rings. The van der Waals surface area contributed by atoms with Crippen molar-refractivity contribution in [3.63, 3.8) is 0 Å². The predicted molar refractivity (Wildman–Crippen MR) is 143 cm³/mol. The van der Waals surface area contributed by atoms with Crippen molar-refractivity contribution in [3.05, 3.63) is 29.8 Å². The molecular formula is C26H34N6O3S. The van der Waals surface area contributed by atoms with Crippen LogP contribution in [0.25, 0.3) is 10.1 Å². The highest BCUT2D eigenvalue weighted by atomic mass is 32.1. The van der Waals surface area contributed by atoms with Crippen molar-refractivity contribution in [2.45, 2.75) is 51.1 Å². The van der Waals surface area contributed by atoms with Crippen molar-refractivity contribution >= 4 is 50.1 Å². The Morgan fingerprint density at radius 2 is 1.94 bits per heavy atom. The molecule has 1 unspecified atom stereocenters. The number of nitrogens with one attached hydrogen (secondary N) is 2. The Morgan fingerprint density at radius 3 is 2.64 bits per heavy atom. The Balaban J connectivity index is 1.29. The standard InChI is InChI=1S/C26H34N6O3S/c1-4-32-17(2)29-26(24(32)34)12-7-13-31(16-26)18-10-14-30(15-11-18)23(33)21-19-8-5-6-9-20(19)36-22(21)28-25(35)27-3/h5-6,8-9,18H,4,7,10-16H2,1-3H3,(H2,27,28,35). The number of piperidine rings is 2. The maximum atomic E-state index is 13.7. The second-order valence-electron chi connectivity index (χ2n) is 9.84. The van der Waals surface area contributed by atoms with Crippen LogP contribution < -0.4 is 10.6 Å². The topological polar surface area (TPSA) is 97.4 Å². The number of likely N-dealkylation sites (N-methyl/N-ethyl adjacent to an activating group) is 1. The minimum absolute atomic E-state index is 0.0443. The van der Waals surface area contributed by atoms with Crippen LogP contribution in [0.2, 0.25) is 0 Å². The molecule has 36 heavy (non-hydrogen) atoms. The third kappa shape index (κ3) is 4.26. The minimum atomic E-state index is -0.638. The number of aliphatic imine (C=N–C) groups is 1. The first-order valence-corrected chi connectivity index (χ1v) is 13.6. The molecule has 3 aliphatic rings. The van der Waals surface area contributed by atoms with E-state index in [2.05, 4.69) is 15.5 Å². The number of anilines is 1. The van der Waals surface area contributed by atoms with Crippen LogP contribution >= 0.6 is 11.3 Å². The summed E-state index contributed by atoms with van der Waals surface area (Å²) in [5, 5.41) is 6.85. The summed E-state index contributed by atoms with van der Waals surface area (Å²) in [5.74, 6) is 0.923. The molecule has 2 fully saturated rings. The molecular weight excluding hydrogens is 476 g/mol. The number of hydrogen-bond donors (Lipinski definition) is 2. The second-order valence-corrected chi connectivity index (χ2v) is 10.9. The van der Waals surface area contributed by atoms with E-state index in [1.165, 1.54) is 11.3 Å². The molecule has 4 heterocycles. The molecule has 3 aliphatic heterocycles. The zero-order valence-corrected chi connectivity index (χ0v) is 22.0. The maximum Gasteiger partial charge on any atom is 0.319 e. The van der Waals surface area contributed by atoms with Crippen molar-refractivity contribution in [3.8, 4) is 0 Å². The molecule has 0 saturated carbocycles. The van der Waals surface area contributed by atoms with Crippen LogP contribution in [0.15, 0.2) is 29.3 Å². The zero-order valence-electron chi connectivity index (χ0n) is 21.2. The Bertz CT molecular complexity index is 1220.